The van der Waals surface area contributed by atoms with Gasteiger partial charge in [-0.3, -0.25) is 4.79 Å². The number of nitrogens with two attached hydrogens (primary N) is 1. The lowest BCUT2D eigenvalue weighted by atomic mass is 10.1. The highest BCUT2D eigenvalue weighted by atomic mass is 16.2. The number of hydrogen-bond acceptors (Lipinski definition) is 5. The minimum absolute atomic E-state index is 0.274. The second-order valence-electron chi connectivity index (χ2n) is 8.93. The summed E-state index contributed by atoms with van der Waals surface area (Å²) in [5.74, 6) is 0.274. The molecule has 2 fully saturated rings. The van der Waals surface area contributed by atoms with E-state index in [1.165, 1.54) is 16.9 Å². The van der Waals surface area contributed by atoms with E-state index in [4.69, 9.17) is 5.73 Å². The van der Waals surface area contributed by atoms with E-state index >= 15 is 0 Å². The Bertz CT molecular complexity index is 1080. The summed E-state index contributed by atoms with van der Waals surface area (Å²) in [7, 11) is 0. The van der Waals surface area contributed by atoms with Crippen molar-refractivity contribution in [2.45, 2.75) is 32.2 Å². The average molecular weight is 433 g/mol. The molecule has 3 aromatic rings. The number of nitrogens with zero attached hydrogens (tertiary/aromatic N) is 5. The van der Waals surface area contributed by atoms with Crippen molar-refractivity contribution in [1.82, 2.24) is 14.5 Å². The van der Waals surface area contributed by atoms with Crippen LogP contribution in [0.15, 0.2) is 48.8 Å². The van der Waals surface area contributed by atoms with E-state index in [0.717, 1.165) is 63.2 Å². The average Bonchev–Trinajstić information content (AvgIpc) is 3.46. The van der Waals surface area contributed by atoms with Crippen molar-refractivity contribution in [2.24, 2.45) is 5.73 Å². The van der Waals surface area contributed by atoms with Crippen LogP contribution in [-0.4, -0.2) is 65.7 Å². The van der Waals surface area contributed by atoms with E-state index in [2.05, 4.69) is 64.4 Å². The highest BCUT2D eigenvalue weighted by molar-refractivity contribution is 5.81. The summed E-state index contributed by atoms with van der Waals surface area (Å²) in [6, 6.07) is 13.3. The van der Waals surface area contributed by atoms with Gasteiger partial charge in [-0.15, -0.1) is 0 Å². The first-order valence-electron chi connectivity index (χ1n) is 11.7. The summed E-state index contributed by atoms with van der Waals surface area (Å²) in [6.45, 7) is 7.28. The third kappa shape index (κ3) is 4.05. The molecule has 7 heteroatoms. The highest BCUT2D eigenvalue weighted by Crippen LogP contribution is 2.30. The zero-order valence-corrected chi connectivity index (χ0v) is 18.8. The molecular weight excluding hydrogens is 400 g/mol. The molecule has 0 saturated carbocycles. The molecule has 2 aliphatic rings. The number of aromatic nitrogens is 2. The Labute approximate surface area is 189 Å². The SMILES string of the molecule is CCCC(=O)N1CCN(c2ccnn3cc(-c4ccc(N5CC[C@H](N)C5)cc4)cc23)CC1. The predicted molar refractivity (Wildman–Crippen MR) is 129 cm³/mol. The maximum atomic E-state index is 12.2. The molecule has 7 nitrogen and oxygen atoms in total. The van der Waals surface area contributed by atoms with E-state index in [0.29, 0.717) is 6.42 Å². The molecule has 0 aliphatic carbocycles. The second kappa shape index (κ2) is 8.82. The number of fused-ring (bicyclic) bond motifs is 1. The van der Waals surface area contributed by atoms with Crippen LogP contribution >= 0.6 is 0 Å². The first-order chi connectivity index (χ1) is 15.6. The van der Waals surface area contributed by atoms with Gasteiger partial charge in [0, 0.05) is 75.4 Å². The van der Waals surface area contributed by atoms with Gasteiger partial charge >= 0.3 is 0 Å². The van der Waals surface area contributed by atoms with Crippen LogP contribution in [0.2, 0.25) is 0 Å². The minimum Gasteiger partial charge on any atom is -0.370 e. The second-order valence-corrected chi connectivity index (χ2v) is 8.93. The molecular formula is C25H32N6O. The quantitative estimate of drug-likeness (QED) is 0.671. The summed E-state index contributed by atoms with van der Waals surface area (Å²) in [5.41, 5.74) is 11.9. The molecule has 0 radical (unpaired) electrons. The number of amides is 1. The molecule has 2 N–H and O–H groups in total. The summed E-state index contributed by atoms with van der Waals surface area (Å²) < 4.78 is 1.96. The van der Waals surface area contributed by atoms with Gasteiger partial charge in [-0.05, 0) is 42.7 Å². The van der Waals surface area contributed by atoms with Crippen LogP contribution in [-0.2, 0) is 4.79 Å². The topological polar surface area (TPSA) is 70.1 Å². The number of carbonyl (C=O) groups is 1. The van der Waals surface area contributed by atoms with Crippen molar-refractivity contribution in [3.63, 3.8) is 0 Å². The van der Waals surface area contributed by atoms with Crippen molar-refractivity contribution in [1.29, 1.82) is 0 Å². The lowest BCUT2D eigenvalue weighted by Gasteiger charge is -2.36. The molecule has 1 aromatic carbocycles. The van der Waals surface area contributed by atoms with E-state index in [-0.39, 0.29) is 11.9 Å². The van der Waals surface area contributed by atoms with Crippen LogP contribution in [0.5, 0.6) is 0 Å². The van der Waals surface area contributed by atoms with Crippen LogP contribution in [0.25, 0.3) is 16.6 Å². The van der Waals surface area contributed by atoms with Crippen molar-refractivity contribution >= 4 is 22.8 Å². The van der Waals surface area contributed by atoms with Gasteiger partial charge in [-0.25, -0.2) is 4.52 Å². The van der Waals surface area contributed by atoms with Crippen LogP contribution in [0.4, 0.5) is 11.4 Å². The van der Waals surface area contributed by atoms with Crippen LogP contribution in [0, 0.1) is 0 Å². The fraction of sp³-hybridized carbons (Fsp3) is 0.440. The summed E-state index contributed by atoms with van der Waals surface area (Å²) in [6.07, 6.45) is 6.57. The first-order valence-corrected chi connectivity index (χ1v) is 11.7. The van der Waals surface area contributed by atoms with E-state index in [9.17, 15) is 4.79 Å². The molecule has 2 aliphatic heterocycles. The molecule has 32 heavy (non-hydrogen) atoms. The van der Waals surface area contributed by atoms with Gasteiger partial charge in [0.1, 0.15) is 0 Å². The molecule has 2 aromatic heterocycles. The maximum absolute atomic E-state index is 12.2. The largest absolute Gasteiger partial charge is 0.370 e. The maximum Gasteiger partial charge on any atom is 0.222 e. The lowest BCUT2D eigenvalue weighted by Crippen LogP contribution is -2.48. The van der Waals surface area contributed by atoms with Gasteiger partial charge in [-0.2, -0.15) is 5.10 Å². The molecule has 5 rings (SSSR count). The normalized spacial score (nSPS) is 19.2. The van der Waals surface area contributed by atoms with Gasteiger partial charge in [0.25, 0.3) is 0 Å². The van der Waals surface area contributed by atoms with Crippen LogP contribution in [0.1, 0.15) is 26.2 Å². The van der Waals surface area contributed by atoms with Crippen molar-refractivity contribution in [3.8, 4) is 11.1 Å². The Morgan fingerprint density at radius 2 is 1.81 bits per heavy atom. The lowest BCUT2D eigenvalue weighted by molar-refractivity contribution is -0.131. The number of piperazine rings is 1. The number of carbonyl (C=O) groups excluding carboxylic acids is 1. The predicted octanol–water partition coefficient (Wildman–Crippen LogP) is 2.99. The molecule has 2 saturated heterocycles. The summed E-state index contributed by atoms with van der Waals surface area (Å²) in [5, 5.41) is 4.54. The third-order valence-electron chi connectivity index (χ3n) is 6.71. The molecule has 4 heterocycles. The molecule has 0 bridgehead atoms. The van der Waals surface area contributed by atoms with Crippen molar-refractivity contribution < 1.29 is 4.79 Å². The van der Waals surface area contributed by atoms with E-state index < -0.39 is 0 Å². The van der Waals surface area contributed by atoms with Gasteiger partial charge in [0.2, 0.25) is 5.91 Å². The monoisotopic (exact) mass is 432 g/mol. The highest BCUT2D eigenvalue weighted by Gasteiger charge is 2.23. The third-order valence-corrected chi connectivity index (χ3v) is 6.71. The molecule has 0 spiro atoms. The minimum atomic E-state index is 0.274. The molecule has 1 atom stereocenters. The smallest absolute Gasteiger partial charge is 0.222 e. The van der Waals surface area contributed by atoms with Gasteiger partial charge in [0.05, 0.1) is 11.2 Å². The van der Waals surface area contributed by atoms with Gasteiger partial charge in [-0.1, -0.05) is 19.1 Å². The van der Waals surface area contributed by atoms with Crippen LogP contribution in [0.3, 0.4) is 0 Å². The number of anilines is 2. The Morgan fingerprint density at radius 1 is 1.03 bits per heavy atom. The van der Waals surface area contributed by atoms with E-state index in [1.54, 1.807) is 0 Å². The Morgan fingerprint density at radius 3 is 2.50 bits per heavy atom. The zero-order valence-electron chi connectivity index (χ0n) is 18.8. The number of benzene rings is 1. The van der Waals surface area contributed by atoms with Crippen molar-refractivity contribution in [2.75, 3.05) is 49.1 Å². The zero-order chi connectivity index (χ0) is 22.1. The fourth-order valence-corrected chi connectivity index (χ4v) is 4.88. The summed E-state index contributed by atoms with van der Waals surface area (Å²) in [4.78, 5) is 18.9. The van der Waals surface area contributed by atoms with Crippen molar-refractivity contribution in [3.05, 3.63) is 48.8 Å². The molecule has 0 unspecified atom stereocenters. The number of hydrogen-bond donors (Lipinski definition) is 1. The molecule has 168 valence electrons. The number of rotatable bonds is 5. The first kappa shape index (κ1) is 20.8. The summed E-state index contributed by atoms with van der Waals surface area (Å²) >= 11 is 0. The Kier molecular flexibility index (Phi) is 5.74. The molecule has 1 amide bonds. The Hall–Kier alpha value is -3.06. The standard InChI is InChI=1S/C25H32N6O/c1-2-3-25(32)29-14-12-28(13-15-29)23-8-10-27-31-17-20(16-24(23)31)19-4-6-22(7-5-19)30-11-9-21(26)18-30/h4-8,10,16-17,21H,2-3,9,11-15,18,26H2,1H3/t21-/m0/s1. The van der Waals surface area contributed by atoms with Gasteiger partial charge < -0.3 is 20.4 Å². The Balaban J connectivity index is 1.34. The fourth-order valence-electron chi connectivity index (χ4n) is 4.88. The van der Waals surface area contributed by atoms with E-state index in [1.807, 2.05) is 15.6 Å². The van der Waals surface area contributed by atoms with Crippen LogP contribution < -0.4 is 15.5 Å². The van der Waals surface area contributed by atoms with Gasteiger partial charge in [0.15, 0.2) is 0 Å².